The van der Waals surface area contributed by atoms with Crippen LogP contribution in [0.15, 0.2) is 6.20 Å². The van der Waals surface area contributed by atoms with E-state index in [0.29, 0.717) is 19.8 Å². The van der Waals surface area contributed by atoms with Crippen molar-refractivity contribution in [3.8, 4) is 0 Å². The Bertz CT molecular complexity index is 347. The molecule has 1 rings (SSSR count). The largest absolute Gasteiger partial charge is 0.378 e. The first-order valence-corrected chi connectivity index (χ1v) is 8.68. The number of aromatic nitrogens is 3. The highest BCUT2D eigenvalue weighted by Gasteiger charge is 1.99. The topological polar surface area (TPSA) is 73.2 Å². The Morgan fingerprint density at radius 1 is 1.04 bits per heavy atom. The molecule has 1 heterocycles. The number of hydrogen-bond donors (Lipinski definition) is 2. The molecule has 0 bridgehead atoms. The molecule has 0 spiro atoms. The van der Waals surface area contributed by atoms with Crippen LogP contribution in [-0.4, -0.2) is 61.6 Å². The summed E-state index contributed by atoms with van der Waals surface area (Å²) in [6.45, 7) is 12.4. The molecule has 0 saturated carbocycles. The average molecular weight is 329 g/mol. The van der Waals surface area contributed by atoms with Crippen molar-refractivity contribution in [2.75, 3.05) is 46.6 Å². The molecule has 0 atom stereocenters. The van der Waals surface area contributed by atoms with Gasteiger partial charge in [0.25, 0.3) is 0 Å². The number of ether oxygens (including phenoxy) is 2. The minimum absolute atomic E-state index is 0.617. The normalized spacial score (nSPS) is 10.4. The van der Waals surface area contributed by atoms with Gasteiger partial charge < -0.3 is 20.1 Å². The van der Waals surface area contributed by atoms with Crippen molar-refractivity contribution in [2.24, 2.45) is 0 Å². The molecule has 1 aromatic heterocycles. The lowest BCUT2D eigenvalue weighted by atomic mass is 10.5. The highest BCUT2D eigenvalue weighted by molar-refractivity contribution is 4.90. The van der Waals surface area contributed by atoms with Crippen molar-refractivity contribution in [1.82, 2.24) is 25.6 Å². The molecule has 1 aromatic rings. The van der Waals surface area contributed by atoms with Gasteiger partial charge in [-0.2, -0.15) is 0 Å². The van der Waals surface area contributed by atoms with Gasteiger partial charge in [-0.1, -0.05) is 32.4 Å². The first-order valence-electron chi connectivity index (χ1n) is 8.68. The van der Waals surface area contributed by atoms with Crippen LogP contribution in [0.1, 0.15) is 39.3 Å². The summed E-state index contributed by atoms with van der Waals surface area (Å²) in [5, 5.41) is 14.4. The van der Waals surface area contributed by atoms with Crippen LogP contribution in [0.2, 0.25) is 0 Å². The lowest BCUT2D eigenvalue weighted by molar-refractivity contribution is 0.0449. The summed E-state index contributed by atoms with van der Waals surface area (Å²) in [7, 11) is 1.89. The van der Waals surface area contributed by atoms with Crippen LogP contribution in [0.3, 0.4) is 0 Å². The van der Waals surface area contributed by atoms with Gasteiger partial charge in [0.1, 0.15) is 0 Å². The SMILES string of the molecule is CCC.CCCNCCOCCOCCn1cc(CNC)nn1. The van der Waals surface area contributed by atoms with Gasteiger partial charge in [0, 0.05) is 19.3 Å². The molecular formula is C16H35N5O2. The number of nitrogens with zero attached hydrogens (tertiary/aromatic N) is 3. The molecule has 0 aromatic carbocycles. The van der Waals surface area contributed by atoms with E-state index in [1.807, 2.05) is 13.2 Å². The zero-order valence-corrected chi connectivity index (χ0v) is 15.3. The lowest BCUT2D eigenvalue weighted by Crippen LogP contribution is -2.21. The van der Waals surface area contributed by atoms with E-state index in [4.69, 9.17) is 9.47 Å². The molecule has 0 fully saturated rings. The van der Waals surface area contributed by atoms with E-state index in [1.165, 1.54) is 6.42 Å². The fourth-order valence-corrected chi connectivity index (χ4v) is 1.64. The molecule has 0 aliphatic heterocycles. The molecular weight excluding hydrogens is 294 g/mol. The molecule has 0 radical (unpaired) electrons. The summed E-state index contributed by atoms with van der Waals surface area (Å²) in [4.78, 5) is 0. The Balaban J connectivity index is 0.00000149. The summed E-state index contributed by atoms with van der Waals surface area (Å²) < 4.78 is 12.7. The van der Waals surface area contributed by atoms with Crippen LogP contribution in [0.25, 0.3) is 0 Å². The monoisotopic (exact) mass is 329 g/mol. The van der Waals surface area contributed by atoms with Gasteiger partial charge in [0.15, 0.2) is 0 Å². The summed E-state index contributed by atoms with van der Waals surface area (Å²) in [5.74, 6) is 0. The third kappa shape index (κ3) is 14.3. The minimum Gasteiger partial charge on any atom is -0.378 e. The highest BCUT2D eigenvalue weighted by atomic mass is 16.5. The van der Waals surface area contributed by atoms with Gasteiger partial charge in [-0.05, 0) is 20.0 Å². The molecule has 0 saturated heterocycles. The fraction of sp³-hybridized carbons (Fsp3) is 0.875. The van der Waals surface area contributed by atoms with E-state index in [-0.39, 0.29) is 0 Å². The summed E-state index contributed by atoms with van der Waals surface area (Å²) in [5.41, 5.74) is 0.940. The Morgan fingerprint density at radius 2 is 1.74 bits per heavy atom. The molecule has 7 heteroatoms. The van der Waals surface area contributed by atoms with Crippen molar-refractivity contribution in [3.05, 3.63) is 11.9 Å². The Labute approximate surface area is 141 Å². The van der Waals surface area contributed by atoms with Gasteiger partial charge in [-0.15, -0.1) is 5.10 Å². The fourth-order valence-electron chi connectivity index (χ4n) is 1.64. The second-order valence-electron chi connectivity index (χ2n) is 5.19. The summed E-state index contributed by atoms with van der Waals surface area (Å²) in [6, 6.07) is 0. The van der Waals surface area contributed by atoms with Gasteiger partial charge in [-0.3, -0.25) is 0 Å². The van der Waals surface area contributed by atoms with Crippen LogP contribution in [-0.2, 0) is 22.6 Å². The van der Waals surface area contributed by atoms with Crippen molar-refractivity contribution in [1.29, 1.82) is 0 Å². The van der Waals surface area contributed by atoms with Gasteiger partial charge in [0.05, 0.1) is 38.7 Å². The molecule has 0 aliphatic rings. The maximum absolute atomic E-state index is 5.48. The zero-order chi connectivity index (χ0) is 17.2. The molecule has 23 heavy (non-hydrogen) atoms. The van der Waals surface area contributed by atoms with E-state index in [1.54, 1.807) is 4.68 Å². The maximum Gasteiger partial charge on any atom is 0.0964 e. The van der Waals surface area contributed by atoms with Crippen molar-refractivity contribution < 1.29 is 9.47 Å². The van der Waals surface area contributed by atoms with Gasteiger partial charge >= 0.3 is 0 Å². The summed E-state index contributed by atoms with van der Waals surface area (Å²) >= 11 is 0. The Hall–Kier alpha value is -1.02. The molecule has 136 valence electrons. The van der Waals surface area contributed by atoms with E-state index >= 15 is 0 Å². The third-order valence-corrected chi connectivity index (χ3v) is 2.63. The second kappa shape index (κ2) is 17.3. The zero-order valence-electron chi connectivity index (χ0n) is 15.3. The van der Waals surface area contributed by atoms with E-state index in [2.05, 4.69) is 41.7 Å². The maximum atomic E-state index is 5.48. The summed E-state index contributed by atoms with van der Waals surface area (Å²) in [6.07, 6.45) is 4.33. The van der Waals surface area contributed by atoms with Crippen LogP contribution < -0.4 is 10.6 Å². The van der Waals surface area contributed by atoms with Crippen LogP contribution in [0.4, 0.5) is 0 Å². The van der Waals surface area contributed by atoms with Crippen molar-refractivity contribution >= 4 is 0 Å². The van der Waals surface area contributed by atoms with Gasteiger partial charge in [-0.25, -0.2) is 4.68 Å². The molecule has 0 unspecified atom stereocenters. The lowest BCUT2D eigenvalue weighted by Gasteiger charge is -2.06. The van der Waals surface area contributed by atoms with Crippen LogP contribution in [0, 0.1) is 0 Å². The minimum atomic E-state index is 0.617. The van der Waals surface area contributed by atoms with Crippen LogP contribution >= 0.6 is 0 Å². The average Bonchev–Trinajstić information content (AvgIpc) is 2.98. The standard InChI is InChI=1S/C13H27N5O2.C3H8/c1-3-4-15-5-7-19-9-10-20-8-6-18-12-13(11-14-2)16-17-18;1-3-2/h12,14-15H,3-11H2,1-2H3;3H2,1-2H3. The first kappa shape index (κ1) is 22.0. The Kier molecular flexibility index (Phi) is 16.6. The number of rotatable bonds is 13. The van der Waals surface area contributed by atoms with E-state index < -0.39 is 0 Å². The van der Waals surface area contributed by atoms with Crippen molar-refractivity contribution in [2.45, 2.75) is 46.7 Å². The smallest absolute Gasteiger partial charge is 0.0964 e. The van der Waals surface area contributed by atoms with E-state index in [0.717, 1.165) is 44.9 Å². The van der Waals surface area contributed by atoms with Gasteiger partial charge in [0.2, 0.25) is 0 Å². The number of hydrogen-bond acceptors (Lipinski definition) is 6. The van der Waals surface area contributed by atoms with Crippen molar-refractivity contribution in [3.63, 3.8) is 0 Å². The molecule has 0 aliphatic carbocycles. The highest BCUT2D eigenvalue weighted by Crippen LogP contribution is 1.92. The quantitative estimate of drug-likeness (QED) is 0.534. The molecule has 7 nitrogen and oxygen atoms in total. The Morgan fingerprint density at radius 3 is 2.39 bits per heavy atom. The second-order valence-corrected chi connectivity index (χ2v) is 5.19. The molecule has 0 amide bonds. The predicted octanol–water partition coefficient (Wildman–Crippen LogP) is 1.45. The third-order valence-electron chi connectivity index (χ3n) is 2.63. The van der Waals surface area contributed by atoms with E-state index in [9.17, 15) is 0 Å². The van der Waals surface area contributed by atoms with Crippen LogP contribution in [0.5, 0.6) is 0 Å². The molecule has 2 N–H and O–H groups in total. The number of nitrogens with one attached hydrogen (secondary N) is 2. The first-order chi connectivity index (χ1) is 11.3. The predicted molar refractivity (Wildman–Crippen MR) is 93.5 cm³/mol.